The zero-order valence-electron chi connectivity index (χ0n) is 10.5. The summed E-state index contributed by atoms with van der Waals surface area (Å²) in [7, 11) is 0. The summed E-state index contributed by atoms with van der Waals surface area (Å²) in [5.41, 5.74) is 7.52. The third-order valence-electron chi connectivity index (χ3n) is 2.70. The quantitative estimate of drug-likeness (QED) is 0.888. The molecule has 94 valence electrons. The van der Waals surface area contributed by atoms with E-state index in [4.69, 9.17) is 10.5 Å². The Bertz CT molecular complexity index is 552. The van der Waals surface area contributed by atoms with E-state index in [-0.39, 0.29) is 11.8 Å². The predicted molar refractivity (Wildman–Crippen MR) is 70.3 cm³/mol. The number of aryl methyl sites for hydroxylation is 1. The summed E-state index contributed by atoms with van der Waals surface area (Å²) in [5, 5.41) is 0. The molecule has 2 aromatic carbocycles. The van der Waals surface area contributed by atoms with E-state index in [9.17, 15) is 4.39 Å². The van der Waals surface area contributed by atoms with Crippen molar-refractivity contribution in [1.29, 1.82) is 0 Å². The molecule has 2 nitrogen and oxygen atoms in total. The first-order valence-electron chi connectivity index (χ1n) is 5.86. The van der Waals surface area contributed by atoms with Crippen molar-refractivity contribution in [2.24, 2.45) is 5.73 Å². The SMILES string of the molecule is Cc1cccc(Oc2ccc([C@H](C)N)cc2F)c1. The van der Waals surface area contributed by atoms with Gasteiger partial charge in [0.25, 0.3) is 0 Å². The van der Waals surface area contributed by atoms with Gasteiger partial charge in [-0.15, -0.1) is 0 Å². The maximum absolute atomic E-state index is 13.8. The summed E-state index contributed by atoms with van der Waals surface area (Å²) in [5.74, 6) is 0.443. The molecule has 2 aromatic rings. The highest BCUT2D eigenvalue weighted by Gasteiger charge is 2.08. The third kappa shape index (κ3) is 2.87. The first-order chi connectivity index (χ1) is 8.56. The normalized spacial score (nSPS) is 12.2. The lowest BCUT2D eigenvalue weighted by Crippen LogP contribution is -2.05. The highest BCUT2D eigenvalue weighted by atomic mass is 19.1. The summed E-state index contributed by atoms with van der Waals surface area (Å²) in [6.07, 6.45) is 0. The molecule has 2 N–H and O–H groups in total. The molecule has 0 aliphatic rings. The van der Waals surface area contributed by atoms with Crippen molar-refractivity contribution in [3.8, 4) is 11.5 Å². The van der Waals surface area contributed by atoms with Gasteiger partial charge in [-0.1, -0.05) is 18.2 Å². The fraction of sp³-hybridized carbons (Fsp3) is 0.200. The first-order valence-corrected chi connectivity index (χ1v) is 5.86. The van der Waals surface area contributed by atoms with Gasteiger partial charge in [0, 0.05) is 6.04 Å². The lowest BCUT2D eigenvalue weighted by atomic mass is 10.1. The summed E-state index contributed by atoms with van der Waals surface area (Å²) < 4.78 is 19.3. The number of hydrogen-bond donors (Lipinski definition) is 1. The molecule has 0 amide bonds. The van der Waals surface area contributed by atoms with Crippen molar-refractivity contribution < 1.29 is 9.13 Å². The molecule has 0 saturated heterocycles. The van der Waals surface area contributed by atoms with Gasteiger partial charge in [0.05, 0.1) is 0 Å². The zero-order chi connectivity index (χ0) is 13.1. The topological polar surface area (TPSA) is 35.2 Å². The van der Waals surface area contributed by atoms with Crippen LogP contribution < -0.4 is 10.5 Å². The minimum atomic E-state index is -0.397. The van der Waals surface area contributed by atoms with Crippen molar-refractivity contribution in [3.63, 3.8) is 0 Å². The minimum Gasteiger partial charge on any atom is -0.454 e. The van der Waals surface area contributed by atoms with Gasteiger partial charge in [-0.3, -0.25) is 0 Å². The number of benzene rings is 2. The van der Waals surface area contributed by atoms with Crippen molar-refractivity contribution in [1.82, 2.24) is 0 Å². The van der Waals surface area contributed by atoms with E-state index in [1.165, 1.54) is 6.07 Å². The molecule has 0 bridgehead atoms. The van der Waals surface area contributed by atoms with Crippen LogP contribution in [0.5, 0.6) is 11.5 Å². The number of halogens is 1. The molecule has 0 aromatic heterocycles. The highest BCUT2D eigenvalue weighted by Crippen LogP contribution is 2.26. The van der Waals surface area contributed by atoms with Crippen LogP contribution in [0.1, 0.15) is 24.1 Å². The Hall–Kier alpha value is -1.87. The van der Waals surface area contributed by atoms with Crippen molar-refractivity contribution in [2.45, 2.75) is 19.9 Å². The summed E-state index contributed by atoms with van der Waals surface area (Å²) in [4.78, 5) is 0. The minimum absolute atomic E-state index is 0.187. The summed E-state index contributed by atoms with van der Waals surface area (Å²) in [6, 6.07) is 12.1. The second kappa shape index (κ2) is 5.19. The van der Waals surface area contributed by atoms with Crippen molar-refractivity contribution >= 4 is 0 Å². The zero-order valence-corrected chi connectivity index (χ0v) is 10.5. The van der Waals surface area contributed by atoms with Crippen LogP contribution in [0.3, 0.4) is 0 Å². The average Bonchev–Trinajstić information content (AvgIpc) is 2.31. The number of rotatable bonds is 3. The molecule has 0 unspecified atom stereocenters. The lowest BCUT2D eigenvalue weighted by Gasteiger charge is -2.10. The van der Waals surface area contributed by atoms with Crippen molar-refractivity contribution in [3.05, 3.63) is 59.4 Å². The molecule has 3 heteroatoms. The molecule has 1 atom stereocenters. The summed E-state index contributed by atoms with van der Waals surface area (Å²) >= 11 is 0. The molecule has 0 aliphatic heterocycles. The Morgan fingerprint density at radius 1 is 1.17 bits per heavy atom. The number of ether oxygens (including phenoxy) is 1. The second-order valence-corrected chi connectivity index (χ2v) is 4.40. The van der Waals surface area contributed by atoms with Gasteiger partial charge in [0.2, 0.25) is 0 Å². The molecule has 0 saturated carbocycles. The molecule has 2 rings (SSSR count). The van der Waals surface area contributed by atoms with Crippen LogP contribution >= 0.6 is 0 Å². The maximum Gasteiger partial charge on any atom is 0.166 e. The Balaban J connectivity index is 2.24. The van der Waals surface area contributed by atoms with E-state index in [0.29, 0.717) is 5.75 Å². The van der Waals surface area contributed by atoms with E-state index < -0.39 is 5.82 Å². The molecule has 0 spiro atoms. The molecular formula is C15H16FNO. The fourth-order valence-corrected chi connectivity index (χ4v) is 1.69. The Morgan fingerprint density at radius 3 is 2.56 bits per heavy atom. The van der Waals surface area contributed by atoms with E-state index in [1.807, 2.05) is 32.0 Å². The Morgan fingerprint density at radius 2 is 1.94 bits per heavy atom. The predicted octanol–water partition coefficient (Wildman–Crippen LogP) is 3.95. The lowest BCUT2D eigenvalue weighted by molar-refractivity contribution is 0.441. The maximum atomic E-state index is 13.8. The number of nitrogens with two attached hydrogens (primary N) is 1. The summed E-state index contributed by atoms with van der Waals surface area (Å²) in [6.45, 7) is 3.78. The molecule has 0 aliphatic carbocycles. The van der Waals surface area contributed by atoms with E-state index >= 15 is 0 Å². The number of hydrogen-bond acceptors (Lipinski definition) is 2. The van der Waals surface area contributed by atoms with E-state index in [2.05, 4.69) is 0 Å². The Labute approximate surface area is 106 Å². The fourth-order valence-electron chi connectivity index (χ4n) is 1.69. The highest BCUT2D eigenvalue weighted by molar-refractivity contribution is 5.36. The average molecular weight is 245 g/mol. The molecule has 0 radical (unpaired) electrons. The smallest absolute Gasteiger partial charge is 0.166 e. The van der Waals surface area contributed by atoms with E-state index in [0.717, 1.165) is 11.1 Å². The van der Waals surface area contributed by atoms with Gasteiger partial charge in [-0.25, -0.2) is 4.39 Å². The Kier molecular flexibility index (Phi) is 3.63. The second-order valence-electron chi connectivity index (χ2n) is 4.40. The van der Waals surface area contributed by atoms with Gasteiger partial charge in [-0.2, -0.15) is 0 Å². The van der Waals surface area contributed by atoms with E-state index in [1.54, 1.807) is 18.2 Å². The standard InChI is InChI=1S/C15H16FNO/c1-10-4-3-5-13(8-10)18-15-7-6-12(11(2)17)9-14(15)16/h3-9,11H,17H2,1-2H3/t11-/m0/s1. The van der Waals surface area contributed by atoms with Crippen molar-refractivity contribution in [2.75, 3.05) is 0 Å². The third-order valence-corrected chi connectivity index (χ3v) is 2.70. The van der Waals surface area contributed by atoms with Crippen LogP contribution in [0.2, 0.25) is 0 Å². The van der Waals surface area contributed by atoms with Crippen LogP contribution in [-0.4, -0.2) is 0 Å². The molecular weight excluding hydrogens is 229 g/mol. The van der Waals surface area contributed by atoms with Gasteiger partial charge in [0.1, 0.15) is 5.75 Å². The molecule has 0 fully saturated rings. The monoisotopic (exact) mass is 245 g/mol. The van der Waals surface area contributed by atoms with Gasteiger partial charge >= 0.3 is 0 Å². The van der Waals surface area contributed by atoms with Gasteiger partial charge in [-0.05, 0) is 49.2 Å². The first kappa shape index (κ1) is 12.6. The van der Waals surface area contributed by atoms with Crippen LogP contribution in [-0.2, 0) is 0 Å². The molecule has 0 heterocycles. The van der Waals surface area contributed by atoms with Crippen LogP contribution in [0.4, 0.5) is 4.39 Å². The van der Waals surface area contributed by atoms with Gasteiger partial charge < -0.3 is 10.5 Å². The molecule has 18 heavy (non-hydrogen) atoms. The van der Waals surface area contributed by atoms with Crippen LogP contribution in [0.15, 0.2) is 42.5 Å². The largest absolute Gasteiger partial charge is 0.454 e. The van der Waals surface area contributed by atoms with Crippen LogP contribution in [0, 0.1) is 12.7 Å². The van der Waals surface area contributed by atoms with Gasteiger partial charge in [0.15, 0.2) is 11.6 Å². The van der Waals surface area contributed by atoms with Crippen LogP contribution in [0.25, 0.3) is 0 Å².